The summed E-state index contributed by atoms with van der Waals surface area (Å²) in [6.45, 7) is 11.3. The van der Waals surface area contributed by atoms with E-state index in [0.717, 1.165) is 12.8 Å². The number of likely N-dealkylation sites (N-methyl/N-ethyl adjacent to an activating group) is 1. The van der Waals surface area contributed by atoms with Crippen LogP contribution in [0.15, 0.2) is 25.3 Å². The van der Waals surface area contributed by atoms with Crippen molar-refractivity contribution in [3.05, 3.63) is 25.3 Å². The Balaban J connectivity index is 2.02. The number of hydrogen-bond donors (Lipinski definition) is 1. The number of rotatable bonds is 13. The molecule has 0 aromatic carbocycles. The first-order valence-electron chi connectivity index (χ1n) is 12.3. The summed E-state index contributed by atoms with van der Waals surface area (Å²) < 4.78 is 6.53. The zero-order chi connectivity index (χ0) is 25.0. The summed E-state index contributed by atoms with van der Waals surface area (Å²) in [5, 5.41) is 9.28. The molecule has 0 saturated carbocycles. The molecule has 3 unspecified atom stereocenters. The first-order chi connectivity index (χ1) is 16.3. The normalized spacial score (nSPS) is 31.5. The largest absolute Gasteiger partial charge is 0.396 e. The van der Waals surface area contributed by atoms with E-state index in [4.69, 9.17) is 4.74 Å². The summed E-state index contributed by atoms with van der Waals surface area (Å²) in [5.41, 5.74) is -1.05. The van der Waals surface area contributed by atoms with Crippen molar-refractivity contribution in [2.45, 2.75) is 61.6 Å². The summed E-state index contributed by atoms with van der Waals surface area (Å²) in [6, 6.07) is -0.798. The van der Waals surface area contributed by atoms with Gasteiger partial charge in [0.15, 0.2) is 0 Å². The fourth-order valence-electron chi connectivity index (χ4n) is 5.83. The van der Waals surface area contributed by atoms with Gasteiger partial charge in [-0.2, -0.15) is 0 Å². The maximum Gasteiger partial charge on any atom is 0.248 e. The quantitative estimate of drug-likeness (QED) is 0.219. The van der Waals surface area contributed by atoms with E-state index >= 15 is 0 Å². The van der Waals surface area contributed by atoms with Crippen molar-refractivity contribution < 1.29 is 24.2 Å². The molecule has 0 aromatic heterocycles. The zero-order valence-corrected chi connectivity index (χ0v) is 21.9. The van der Waals surface area contributed by atoms with Crippen LogP contribution < -0.4 is 0 Å². The monoisotopic (exact) mass is 539 g/mol. The van der Waals surface area contributed by atoms with Gasteiger partial charge in [0.1, 0.15) is 11.6 Å². The van der Waals surface area contributed by atoms with Gasteiger partial charge in [0.25, 0.3) is 0 Å². The van der Waals surface area contributed by atoms with Crippen LogP contribution in [0.1, 0.15) is 39.0 Å². The second kappa shape index (κ2) is 11.4. The molecule has 8 nitrogen and oxygen atoms in total. The molecule has 2 bridgehead atoms. The van der Waals surface area contributed by atoms with Crippen LogP contribution in [0.3, 0.4) is 0 Å². The molecule has 9 heteroatoms. The third-order valence-electron chi connectivity index (χ3n) is 7.34. The molecule has 1 spiro atoms. The number of halogens is 1. The van der Waals surface area contributed by atoms with Gasteiger partial charge in [0, 0.05) is 44.7 Å². The lowest BCUT2D eigenvalue weighted by molar-refractivity contribution is -0.148. The van der Waals surface area contributed by atoms with Crippen molar-refractivity contribution in [2.24, 2.45) is 11.8 Å². The Morgan fingerprint density at radius 3 is 2.56 bits per heavy atom. The molecule has 0 aliphatic carbocycles. The van der Waals surface area contributed by atoms with Crippen LogP contribution in [0.4, 0.5) is 0 Å². The number of ether oxygens (including phenoxy) is 1. The van der Waals surface area contributed by atoms with Crippen molar-refractivity contribution in [1.29, 1.82) is 0 Å². The topological polar surface area (TPSA) is 90.4 Å². The number of aliphatic hydroxyl groups is 1. The van der Waals surface area contributed by atoms with E-state index in [9.17, 15) is 19.5 Å². The van der Waals surface area contributed by atoms with Crippen molar-refractivity contribution >= 4 is 33.7 Å². The van der Waals surface area contributed by atoms with E-state index in [0.29, 0.717) is 45.4 Å². The fourth-order valence-corrected chi connectivity index (χ4v) is 6.78. The lowest BCUT2D eigenvalue weighted by atomic mass is 9.70. The summed E-state index contributed by atoms with van der Waals surface area (Å²) >= 11 is 3.69. The molecule has 0 aromatic rings. The molecule has 3 aliphatic rings. The van der Waals surface area contributed by atoms with Gasteiger partial charge in [-0.1, -0.05) is 41.4 Å². The Morgan fingerprint density at radius 2 is 1.94 bits per heavy atom. The molecule has 1 N–H and O–H groups in total. The number of unbranched alkanes of at least 4 members (excludes halogenated alkanes) is 2. The van der Waals surface area contributed by atoms with Crippen LogP contribution >= 0.6 is 15.9 Å². The maximum absolute atomic E-state index is 14.0. The molecular formula is C25H38BrN3O5. The zero-order valence-electron chi connectivity index (χ0n) is 20.3. The Kier molecular flexibility index (Phi) is 8.98. The second-order valence-corrected chi connectivity index (χ2v) is 10.7. The van der Waals surface area contributed by atoms with Gasteiger partial charge in [-0.25, -0.2) is 0 Å². The number of nitrogens with zero attached hydrogens (tertiary/aromatic N) is 3. The molecule has 190 valence electrons. The highest BCUT2D eigenvalue weighted by Crippen LogP contribution is 2.60. The molecule has 3 heterocycles. The van der Waals surface area contributed by atoms with Gasteiger partial charge in [0.05, 0.1) is 17.9 Å². The Bertz CT molecular complexity index is 807. The predicted octanol–water partition coefficient (Wildman–Crippen LogP) is 1.97. The van der Waals surface area contributed by atoms with Gasteiger partial charge < -0.3 is 24.5 Å². The molecule has 0 radical (unpaired) electrons. The van der Waals surface area contributed by atoms with E-state index in [1.165, 1.54) is 0 Å². The van der Waals surface area contributed by atoms with Crippen molar-refractivity contribution in [1.82, 2.24) is 14.7 Å². The number of alkyl halides is 1. The number of amides is 3. The summed E-state index contributed by atoms with van der Waals surface area (Å²) in [4.78, 5) is 46.1. The number of fused-ring (bicyclic) bond motifs is 1. The van der Waals surface area contributed by atoms with E-state index in [-0.39, 0.29) is 29.2 Å². The number of carbonyl (C=O) groups is 3. The Hall–Kier alpha value is -1.71. The highest BCUT2D eigenvalue weighted by atomic mass is 79.9. The first-order valence-corrected chi connectivity index (χ1v) is 13.2. The summed E-state index contributed by atoms with van der Waals surface area (Å²) in [5.74, 6) is -1.87. The molecular weight excluding hydrogens is 502 g/mol. The highest BCUT2D eigenvalue weighted by Gasteiger charge is 2.76. The van der Waals surface area contributed by atoms with E-state index in [1.807, 2.05) is 0 Å². The maximum atomic E-state index is 14.0. The number of carbonyl (C=O) groups excluding carboxylic acids is 3. The van der Waals surface area contributed by atoms with Gasteiger partial charge in [-0.3, -0.25) is 14.4 Å². The SMILES string of the molecule is C=CCN(C)C(=O)[C@H]1[C@H]2C(=O)N(CCCCO)C(C(=O)N(CC=C)CCCC)C23CC(Br)[C@@H]1O3. The lowest BCUT2D eigenvalue weighted by Gasteiger charge is -2.37. The average molecular weight is 540 g/mol. The van der Waals surface area contributed by atoms with E-state index < -0.39 is 29.6 Å². The standard InChI is InChI=1S/C25H38BrN3O5/c1-5-8-13-28(12-7-3)24(33)21-25-16-17(26)20(34-25)18(22(31)27(4)11-6-2)19(25)23(32)29(21)14-9-10-15-30/h6-7,17-21,30H,2-3,5,8-16H2,1,4H3/t17?,18-,19-,20-,21?,25?/m0/s1. The van der Waals surface area contributed by atoms with Gasteiger partial charge in [0.2, 0.25) is 17.7 Å². The van der Waals surface area contributed by atoms with Crippen molar-refractivity contribution in [3.63, 3.8) is 0 Å². The molecule has 3 rings (SSSR count). The molecule has 3 fully saturated rings. The minimum absolute atomic E-state index is 0.0177. The molecule has 6 atom stereocenters. The summed E-state index contributed by atoms with van der Waals surface area (Å²) in [7, 11) is 1.70. The van der Waals surface area contributed by atoms with Crippen molar-refractivity contribution in [2.75, 3.05) is 39.8 Å². The molecule has 3 saturated heterocycles. The first kappa shape index (κ1) is 26.9. The highest BCUT2D eigenvalue weighted by molar-refractivity contribution is 9.09. The van der Waals surface area contributed by atoms with Crippen LogP contribution in [0, 0.1) is 11.8 Å². The van der Waals surface area contributed by atoms with Gasteiger partial charge in [-0.15, -0.1) is 13.2 Å². The van der Waals surface area contributed by atoms with Gasteiger partial charge in [-0.05, 0) is 25.7 Å². The average Bonchev–Trinajstić information content (AvgIpc) is 3.39. The van der Waals surface area contributed by atoms with Gasteiger partial charge >= 0.3 is 0 Å². The summed E-state index contributed by atoms with van der Waals surface area (Å²) in [6.07, 6.45) is 6.26. The molecule has 3 aliphatic heterocycles. The minimum atomic E-state index is -1.05. The molecule has 3 amide bonds. The Morgan fingerprint density at radius 1 is 1.24 bits per heavy atom. The van der Waals surface area contributed by atoms with Crippen LogP contribution in [0.2, 0.25) is 0 Å². The van der Waals surface area contributed by atoms with E-state index in [1.54, 1.807) is 33.9 Å². The third-order valence-corrected chi connectivity index (χ3v) is 8.18. The van der Waals surface area contributed by atoms with E-state index in [2.05, 4.69) is 36.0 Å². The number of aliphatic hydroxyl groups excluding tert-OH is 1. The van der Waals surface area contributed by atoms with Crippen molar-refractivity contribution in [3.8, 4) is 0 Å². The minimum Gasteiger partial charge on any atom is -0.396 e. The van der Waals surface area contributed by atoms with Crippen LogP contribution in [-0.4, -0.2) is 99.9 Å². The van der Waals surface area contributed by atoms with Crippen LogP contribution in [0.25, 0.3) is 0 Å². The molecule has 34 heavy (non-hydrogen) atoms. The Labute approximate surface area is 211 Å². The fraction of sp³-hybridized carbons (Fsp3) is 0.720. The number of hydrogen-bond acceptors (Lipinski definition) is 5. The van der Waals surface area contributed by atoms with Crippen LogP contribution in [0.5, 0.6) is 0 Å². The van der Waals surface area contributed by atoms with Crippen LogP contribution in [-0.2, 0) is 19.1 Å². The number of likely N-dealkylation sites (tertiary alicyclic amines) is 1. The smallest absolute Gasteiger partial charge is 0.248 e. The lowest BCUT2D eigenvalue weighted by Crippen LogP contribution is -2.57. The predicted molar refractivity (Wildman–Crippen MR) is 133 cm³/mol. The second-order valence-electron chi connectivity index (χ2n) is 9.56. The third kappa shape index (κ3) is 4.58.